The van der Waals surface area contributed by atoms with E-state index in [1.807, 2.05) is 6.20 Å². The minimum Gasteiger partial charge on any atom is -0.507 e. The molecule has 0 saturated carbocycles. The Morgan fingerprint density at radius 2 is 1.17 bits per heavy atom. The predicted octanol–water partition coefficient (Wildman–Crippen LogP) is 15.0. The maximum atomic E-state index is 12.2. The highest BCUT2D eigenvalue weighted by atomic mass is 16.3. The summed E-state index contributed by atoms with van der Waals surface area (Å²) in [5.74, 6) is 0.958. The normalized spacial score (nSPS) is 12.3. The van der Waals surface area contributed by atoms with E-state index in [1.165, 1.54) is 22.3 Å². The lowest BCUT2D eigenvalue weighted by Gasteiger charge is -2.23. The SMILES string of the molecule is Cc1ccc(-n2c(-c3cc(C)cc(C(C)(C)C)c3O)nc3c(-c4cc(-c5cc(-c6ccc(C(C)(C)C)cc6)ccn5)cc(C(C)(C)C)c4)cccc32)c(-c2ccccc2)c1. The molecule has 0 amide bonds. The average Bonchev–Trinajstić information content (AvgIpc) is 3.60. The number of para-hydroxylation sites is 1. The first kappa shape index (κ1) is 40.5. The van der Waals surface area contributed by atoms with E-state index in [-0.39, 0.29) is 22.0 Å². The second-order valence-electron chi connectivity index (χ2n) is 19.6. The molecule has 8 aromatic rings. The Morgan fingerprint density at radius 1 is 0.483 bits per heavy atom. The summed E-state index contributed by atoms with van der Waals surface area (Å²) in [6.07, 6.45) is 1.92. The molecule has 4 heteroatoms. The van der Waals surface area contributed by atoms with Gasteiger partial charge in [-0.15, -0.1) is 0 Å². The van der Waals surface area contributed by atoms with Gasteiger partial charge in [-0.25, -0.2) is 4.98 Å². The number of rotatable bonds is 6. The molecule has 0 radical (unpaired) electrons. The number of fused-ring (bicyclic) bond motifs is 1. The number of aromatic nitrogens is 3. The highest BCUT2D eigenvalue weighted by Gasteiger charge is 2.27. The summed E-state index contributed by atoms with van der Waals surface area (Å²) in [6.45, 7) is 24.2. The first-order chi connectivity index (χ1) is 28.4. The van der Waals surface area contributed by atoms with Crippen molar-refractivity contribution in [2.45, 2.75) is 92.4 Å². The number of benzene rings is 6. The second-order valence-corrected chi connectivity index (χ2v) is 19.6. The number of pyridine rings is 1. The van der Waals surface area contributed by atoms with Crippen molar-refractivity contribution in [3.8, 4) is 67.5 Å². The largest absolute Gasteiger partial charge is 0.507 e. The first-order valence-electron chi connectivity index (χ1n) is 21.1. The fourth-order valence-electron chi connectivity index (χ4n) is 8.27. The summed E-state index contributed by atoms with van der Waals surface area (Å²) >= 11 is 0. The molecule has 8 rings (SSSR count). The topological polar surface area (TPSA) is 50.9 Å². The number of phenolic OH excluding ortho intramolecular Hbond substituents is 1. The molecule has 0 aliphatic heterocycles. The van der Waals surface area contributed by atoms with E-state index < -0.39 is 0 Å². The lowest BCUT2D eigenvalue weighted by molar-refractivity contribution is 0.448. The van der Waals surface area contributed by atoms with Crippen molar-refractivity contribution in [1.29, 1.82) is 0 Å². The zero-order valence-electron chi connectivity index (χ0n) is 37.1. The van der Waals surface area contributed by atoms with E-state index in [1.54, 1.807) is 0 Å². The van der Waals surface area contributed by atoms with Gasteiger partial charge >= 0.3 is 0 Å². The monoisotopic (exact) mass is 787 g/mol. The molecule has 0 fully saturated rings. The third-order valence-corrected chi connectivity index (χ3v) is 11.7. The number of aryl methyl sites for hydroxylation is 2. The zero-order valence-corrected chi connectivity index (χ0v) is 37.1. The van der Waals surface area contributed by atoms with Crippen LogP contribution in [0.1, 0.15) is 90.1 Å². The van der Waals surface area contributed by atoms with Gasteiger partial charge in [0.25, 0.3) is 0 Å². The van der Waals surface area contributed by atoms with Crippen molar-refractivity contribution >= 4 is 11.0 Å². The molecule has 0 atom stereocenters. The number of imidazole rings is 1. The molecule has 60 heavy (non-hydrogen) atoms. The van der Waals surface area contributed by atoms with Gasteiger partial charge in [0.1, 0.15) is 11.6 Å². The van der Waals surface area contributed by atoms with Gasteiger partial charge < -0.3 is 5.11 Å². The molecule has 0 aliphatic rings. The fraction of sp³-hybridized carbons (Fsp3) is 0.250. The molecule has 2 heterocycles. The van der Waals surface area contributed by atoms with E-state index in [2.05, 4.69) is 214 Å². The van der Waals surface area contributed by atoms with Gasteiger partial charge in [-0.1, -0.05) is 153 Å². The lowest BCUT2D eigenvalue weighted by atomic mass is 9.83. The van der Waals surface area contributed by atoms with Gasteiger partial charge in [0.2, 0.25) is 0 Å². The highest BCUT2D eigenvalue weighted by Crippen LogP contribution is 2.44. The van der Waals surface area contributed by atoms with Crippen molar-refractivity contribution in [1.82, 2.24) is 14.5 Å². The van der Waals surface area contributed by atoms with E-state index in [0.29, 0.717) is 11.4 Å². The number of aromatic hydroxyl groups is 1. The highest BCUT2D eigenvalue weighted by molar-refractivity contribution is 5.98. The van der Waals surface area contributed by atoms with Crippen LogP contribution in [-0.2, 0) is 16.2 Å². The molecule has 2 aromatic heterocycles. The molecule has 6 aromatic carbocycles. The van der Waals surface area contributed by atoms with Gasteiger partial charge in [0, 0.05) is 28.5 Å². The van der Waals surface area contributed by atoms with Crippen LogP contribution in [0.5, 0.6) is 5.75 Å². The Kier molecular flexibility index (Phi) is 10.2. The average molecular weight is 788 g/mol. The van der Waals surface area contributed by atoms with Crippen LogP contribution in [0.3, 0.4) is 0 Å². The fourth-order valence-corrected chi connectivity index (χ4v) is 8.27. The van der Waals surface area contributed by atoms with Crippen LogP contribution in [0, 0.1) is 13.8 Å². The Balaban J connectivity index is 1.38. The second kappa shape index (κ2) is 15.1. The number of phenols is 1. The Hall–Kier alpha value is -6.26. The van der Waals surface area contributed by atoms with Crippen LogP contribution in [0.2, 0.25) is 0 Å². The minimum absolute atomic E-state index is 0.0886. The summed E-state index contributed by atoms with van der Waals surface area (Å²) in [4.78, 5) is 10.5. The first-order valence-corrected chi connectivity index (χ1v) is 21.1. The summed E-state index contributed by atoms with van der Waals surface area (Å²) in [5, 5.41) is 12.2. The van der Waals surface area contributed by atoms with Crippen LogP contribution in [-0.4, -0.2) is 19.6 Å². The quantitative estimate of drug-likeness (QED) is 0.183. The van der Waals surface area contributed by atoms with Gasteiger partial charge in [-0.05, 0) is 118 Å². The summed E-state index contributed by atoms with van der Waals surface area (Å²) in [6, 6.07) is 47.9. The van der Waals surface area contributed by atoms with Crippen LogP contribution in [0.4, 0.5) is 0 Å². The van der Waals surface area contributed by atoms with Crippen LogP contribution >= 0.6 is 0 Å². The molecule has 4 nitrogen and oxygen atoms in total. The summed E-state index contributed by atoms with van der Waals surface area (Å²) in [7, 11) is 0. The number of hydrogen-bond acceptors (Lipinski definition) is 3. The standard InChI is InChI=1S/C56H57N3O/c1-35-20-25-49(45(28-35)38-16-13-12-14-17-38)59-50-19-15-18-44(51(50)58-53(59)46-29-36(2)30-47(52(46)60)56(9,10)11)40-31-41(33-43(32-40)55(6,7)8)48-34-39(26-27-57-48)37-21-23-42(24-22-37)54(3,4)5/h12-34,60H,1-11H3. The van der Waals surface area contributed by atoms with E-state index >= 15 is 0 Å². The summed E-state index contributed by atoms with van der Waals surface area (Å²) < 4.78 is 2.26. The number of hydrogen-bond donors (Lipinski definition) is 1. The van der Waals surface area contributed by atoms with E-state index in [9.17, 15) is 5.11 Å². The Bertz CT molecular complexity index is 2880. The summed E-state index contributed by atoms with van der Waals surface area (Å²) in [5.41, 5.74) is 17.4. The maximum Gasteiger partial charge on any atom is 0.149 e. The molecule has 302 valence electrons. The lowest BCUT2D eigenvalue weighted by Crippen LogP contribution is -2.12. The molecular formula is C56H57N3O. The molecule has 0 unspecified atom stereocenters. The molecule has 0 spiro atoms. The van der Waals surface area contributed by atoms with Crippen molar-refractivity contribution in [3.63, 3.8) is 0 Å². The molecule has 0 bridgehead atoms. The minimum atomic E-state index is -0.281. The van der Waals surface area contributed by atoms with Gasteiger partial charge in [0.15, 0.2) is 0 Å². The van der Waals surface area contributed by atoms with Crippen LogP contribution < -0.4 is 0 Å². The van der Waals surface area contributed by atoms with E-state index in [0.717, 1.165) is 66.9 Å². The molecule has 1 N–H and O–H groups in total. The zero-order chi connectivity index (χ0) is 42.7. The Labute approximate surface area is 356 Å². The maximum absolute atomic E-state index is 12.2. The molecular weight excluding hydrogens is 731 g/mol. The van der Waals surface area contributed by atoms with E-state index in [4.69, 9.17) is 9.97 Å². The van der Waals surface area contributed by atoms with Crippen LogP contribution in [0.15, 0.2) is 140 Å². The molecule has 0 saturated heterocycles. The Morgan fingerprint density at radius 3 is 1.85 bits per heavy atom. The van der Waals surface area contributed by atoms with Crippen LogP contribution in [0.25, 0.3) is 72.7 Å². The van der Waals surface area contributed by atoms with Gasteiger partial charge in [-0.3, -0.25) is 9.55 Å². The third-order valence-electron chi connectivity index (χ3n) is 11.7. The van der Waals surface area contributed by atoms with Gasteiger partial charge in [0.05, 0.1) is 28.0 Å². The molecule has 0 aliphatic carbocycles. The van der Waals surface area contributed by atoms with Crippen molar-refractivity contribution in [3.05, 3.63) is 167 Å². The van der Waals surface area contributed by atoms with Crippen molar-refractivity contribution < 1.29 is 5.11 Å². The smallest absolute Gasteiger partial charge is 0.149 e. The number of nitrogens with zero attached hydrogens (tertiary/aromatic N) is 3. The third kappa shape index (κ3) is 7.79. The van der Waals surface area contributed by atoms with Crippen molar-refractivity contribution in [2.24, 2.45) is 0 Å². The van der Waals surface area contributed by atoms with Gasteiger partial charge in [-0.2, -0.15) is 0 Å². The van der Waals surface area contributed by atoms with Crippen molar-refractivity contribution in [2.75, 3.05) is 0 Å². The predicted molar refractivity (Wildman–Crippen MR) is 253 cm³/mol.